The van der Waals surface area contributed by atoms with E-state index in [1.54, 1.807) is 24.3 Å². The molecule has 1 N–H and O–H groups in total. The van der Waals surface area contributed by atoms with Gasteiger partial charge in [0.1, 0.15) is 6.33 Å². The zero-order valence-corrected chi connectivity index (χ0v) is 17.0. The van der Waals surface area contributed by atoms with E-state index < -0.39 is 4.92 Å². The summed E-state index contributed by atoms with van der Waals surface area (Å²) in [6, 6.07) is 17.3. The third-order valence-electron chi connectivity index (χ3n) is 4.99. The van der Waals surface area contributed by atoms with Crippen LogP contribution in [0.1, 0.15) is 5.56 Å². The molecule has 8 nitrogen and oxygen atoms in total. The van der Waals surface area contributed by atoms with Gasteiger partial charge in [0.25, 0.3) is 0 Å². The van der Waals surface area contributed by atoms with E-state index in [0.29, 0.717) is 29.6 Å². The summed E-state index contributed by atoms with van der Waals surface area (Å²) >= 11 is 6.02. The molecule has 0 atom stereocenters. The van der Waals surface area contributed by atoms with E-state index in [-0.39, 0.29) is 11.5 Å². The van der Waals surface area contributed by atoms with Crippen LogP contribution in [0.2, 0.25) is 5.02 Å². The lowest BCUT2D eigenvalue weighted by Crippen LogP contribution is -2.46. The van der Waals surface area contributed by atoms with Gasteiger partial charge in [-0.3, -0.25) is 15.0 Å². The predicted molar refractivity (Wildman–Crippen MR) is 117 cm³/mol. The molecular formula is C21H21ClN6O2. The van der Waals surface area contributed by atoms with Crippen molar-refractivity contribution in [3.05, 3.63) is 81.6 Å². The highest BCUT2D eigenvalue weighted by Crippen LogP contribution is 2.34. The number of anilines is 3. The van der Waals surface area contributed by atoms with E-state index in [9.17, 15) is 10.1 Å². The second kappa shape index (κ2) is 9.06. The molecule has 0 radical (unpaired) electrons. The lowest BCUT2D eigenvalue weighted by Gasteiger charge is -2.35. The average Bonchev–Trinajstić information content (AvgIpc) is 2.75. The lowest BCUT2D eigenvalue weighted by atomic mass is 10.2. The maximum absolute atomic E-state index is 11.9. The minimum absolute atomic E-state index is 0.131. The molecule has 1 aliphatic rings. The molecular weight excluding hydrogens is 404 g/mol. The molecule has 3 aromatic rings. The third-order valence-corrected chi connectivity index (χ3v) is 5.23. The van der Waals surface area contributed by atoms with Gasteiger partial charge >= 0.3 is 5.69 Å². The molecule has 1 fully saturated rings. The Morgan fingerprint density at radius 2 is 1.80 bits per heavy atom. The molecule has 1 saturated heterocycles. The van der Waals surface area contributed by atoms with E-state index in [1.165, 1.54) is 11.9 Å². The maximum Gasteiger partial charge on any atom is 0.353 e. The standard InChI is InChI=1S/C21H21ClN6O2/c22-17-7-4-8-18(13-17)25-20-19(28(29)30)21(24-15-23-20)27-11-9-26(10-12-27)14-16-5-2-1-3-6-16/h1-8,13,15H,9-12,14H2,(H,23,24,25). The number of piperazine rings is 1. The number of aromatic nitrogens is 2. The predicted octanol–water partition coefficient (Wildman–Crippen LogP) is 4.10. The SMILES string of the molecule is O=[N+]([O-])c1c(Nc2cccc(Cl)c2)ncnc1N1CCN(Cc2ccccc2)CC1. The summed E-state index contributed by atoms with van der Waals surface area (Å²) in [5.74, 6) is 0.484. The fraction of sp³-hybridized carbons (Fsp3) is 0.238. The van der Waals surface area contributed by atoms with Gasteiger partial charge in [-0.1, -0.05) is 48.0 Å². The first kappa shape index (κ1) is 20.1. The van der Waals surface area contributed by atoms with Crippen LogP contribution in [-0.4, -0.2) is 46.0 Å². The lowest BCUT2D eigenvalue weighted by molar-refractivity contribution is -0.383. The molecule has 0 aliphatic carbocycles. The van der Waals surface area contributed by atoms with Gasteiger partial charge in [0.05, 0.1) is 4.92 Å². The van der Waals surface area contributed by atoms with Gasteiger partial charge in [-0.2, -0.15) is 0 Å². The largest absolute Gasteiger partial charge is 0.353 e. The molecule has 0 amide bonds. The van der Waals surface area contributed by atoms with Crippen molar-refractivity contribution < 1.29 is 4.92 Å². The van der Waals surface area contributed by atoms with E-state index in [2.05, 4.69) is 32.3 Å². The molecule has 4 rings (SSSR count). The molecule has 0 spiro atoms. The zero-order chi connectivity index (χ0) is 20.9. The van der Waals surface area contributed by atoms with Gasteiger partial charge in [-0.15, -0.1) is 0 Å². The Bertz CT molecular complexity index is 1030. The number of nitrogens with zero attached hydrogens (tertiary/aromatic N) is 5. The van der Waals surface area contributed by atoms with Crippen LogP contribution in [0.5, 0.6) is 0 Å². The third kappa shape index (κ3) is 4.67. The van der Waals surface area contributed by atoms with Crippen LogP contribution >= 0.6 is 11.6 Å². The molecule has 1 aromatic heterocycles. The molecule has 0 saturated carbocycles. The van der Waals surface area contributed by atoms with Gasteiger partial charge in [-0.25, -0.2) is 9.97 Å². The first-order chi connectivity index (χ1) is 14.6. The normalized spacial score (nSPS) is 14.5. The van der Waals surface area contributed by atoms with Crippen molar-refractivity contribution in [2.75, 3.05) is 36.4 Å². The zero-order valence-electron chi connectivity index (χ0n) is 16.2. The summed E-state index contributed by atoms with van der Waals surface area (Å²) < 4.78 is 0. The summed E-state index contributed by atoms with van der Waals surface area (Å²) in [5.41, 5.74) is 1.75. The van der Waals surface area contributed by atoms with Crippen molar-refractivity contribution in [3.8, 4) is 0 Å². The first-order valence-corrected chi connectivity index (χ1v) is 10.0. The molecule has 154 valence electrons. The Labute approximate surface area is 179 Å². The minimum Gasteiger partial charge on any atom is -0.348 e. The van der Waals surface area contributed by atoms with Gasteiger partial charge in [0, 0.05) is 43.4 Å². The van der Waals surface area contributed by atoms with Gasteiger partial charge in [0.2, 0.25) is 11.6 Å². The number of nitrogens with one attached hydrogen (secondary N) is 1. The van der Waals surface area contributed by atoms with Crippen molar-refractivity contribution in [2.45, 2.75) is 6.54 Å². The van der Waals surface area contributed by atoms with Crippen molar-refractivity contribution in [1.82, 2.24) is 14.9 Å². The Hall–Kier alpha value is -3.23. The molecule has 30 heavy (non-hydrogen) atoms. The van der Waals surface area contributed by atoms with Crippen molar-refractivity contribution in [2.24, 2.45) is 0 Å². The highest BCUT2D eigenvalue weighted by molar-refractivity contribution is 6.30. The Balaban J connectivity index is 1.51. The van der Waals surface area contributed by atoms with Crippen LogP contribution in [-0.2, 0) is 6.54 Å². The summed E-state index contributed by atoms with van der Waals surface area (Å²) in [6.45, 7) is 3.77. The van der Waals surface area contributed by atoms with Crippen molar-refractivity contribution in [1.29, 1.82) is 0 Å². The molecule has 0 unspecified atom stereocenters. The fourth-order valence-electron chi connectivity index (χ4n) is 3.52. The van der Waals surface area contributed by atoms with Crippen LogP contribution < -0.4 is 10.2 Å². The van der Waals surface area contributed by atoms with E-state index in [4.69, 9.17) is 11.6 Å². The van der Waals surface area contributed by atoms with Crippen LogP contribution in [0.4, 0.5) is 23.0 Å². The number of benzene rings is 2. The second-order valence-electron chi connectivity index (χ2n) is 7.04. The molecule has 1 aliphatic heterocycles. The summed E-state index contributed by atoms with van der Waals surface area (Å²) in [5, 5.41) is 15.4. The molecule has 0 bridgehead atoms. The summed E-state index contributed by atoms with van der Waals surface area (Å²) in [6.07, 6.45) is 1.35. The van der Waals surface area contributed by atoms with E-state index in [1.807, 2.05) is 23.1 Å². The average molecular weight is 425 g/mol. The molecule has 2 heterocycles. The number of halogens is 1. The molecule has 2 aromatic carbocycles. The quantitative estimate of drug-likeness (QED) is 0.470. The van der Waals surface area contributed by atoms with Crippen LogP contribution in [0.25, 0.3) is 0 Å². The van der Waals surface area contributed by atoms with Gasteiger partial charge < -0.3 is 10.2 Å². The van der Waals surface area contributed by atoms with Crippen LogP contribution in [0, 0.1) is 10.1 Å². The monoisotopic (exact) mass is 424 g/mol. The first-order valence-electron chi connectivity index (χ1n) is 9.63. The maximum atomic E-state index is 11.9. The summed E-state index contributed by atoms with van der Waals surface area (Å²) in [7, 11) is 0. The van der Waals surface area contributed by atoms with Gasteiger partial charge in [-0.05, 0) is 23.8 Å². The highest BCUT2D eigenvalue weighted by Gasteiger charge is 2.29. The Morgan fingerprint density at radius 1 is 1.03 bits per heavy atom. The number of rotatable bonds is 6. The second-order valence-corrected chi connectivity index (χ2v) is 7.47. The van der Waals surface area contributed by atoms with Crippen LogP contribution in [0.3, 0.4) is 0 Å². The number of hydrogen-bond acceptors (Lipinski definition) is 7. The van der Waals surface area contributed by atoms with Gasteiger partial charge in [0.15, 0.2) is 0 Å². The van der Waals surface area contributed by atoms with Crippen molar-refractivity contribution >= 4 is 34.6 Å². The highest BCUT2D eigenvalue weighted by atomic mass is 35.5. The topological polar surface area (TPSA) is 87.4 Å². The van der Waals surface area contributed by atoms with Crippen LogP contribution in [0.15, 0.2) is 60.9 Å². The smallest absolute Gasteiger partial charge is 0.348 e. The minimum atomic E-state index is -0.432. The summed E-state index contributed by atoms with van der Waals surface area (Å²) in [4.78, 5) is 24.1. The van der Waals surface area contributed by atoms with E-state index >= 15 is 0 Å². The Morgan fingerprint density at radius 3 is 2.50 bits per heavy atom. The number of nitro groups is 1. The molecule has 9 heteroatoms. The Kier molecular flexibility index (Phi) is 6.06. The van der Waals surface area contributed by atoms with E-state index in [0.717, 1.165) is 19.6 Å². The fourth-order valence-corrected chi connectivity index (χ4v) is 3.71. The van der Waals surface area contributed by atoms with Crippen molar-refractivity contribution in [3.63, 3.8) is 0 Å². The number of hydrogen-bond donors (Lipinski definition) is 1.